The maximum Gasteiger partial charge on any atom is 0.243 e. The molecule has 0 spiro atoms. The third kappa shape index (κ3) is 4.30. The fourth-order valence-corrected chi connectivity index (χ4v) is 3.14. The zero-order valence-corrected chi connectivity index (χ0v) is 14.3. The van der Waals surface area contributed by atoms with E-state index in [9.17, 15) is 9.59 Å². The zero-order valence-electron chi connectivity index (χ0n) is 12.7. The molecule has 2 rings (SSSR count). The summed E-state index contributed by atoms with van der Waals surface area (Å²) in [4.78, 5) is 24.0. The van der Waals surface area contributed by atoms with Crippen LogP contribution < -0.4 is 16.4 Å². The molecule has 0 radical (unpaired) electrons. The van der Waals surface area contributed by atoms with Gasteiger partial charge in [-0.2, -0.15) is 0 Å². The van der Waals surface area contributed by atoms with Crippen molar-refractivity contribution in [3.8, 4) is 0 Å². The van der Waals surface area contributed by atoms with E-state index in [1.807, 2.05) is 25.1 Å². The van der Waals surface area contributed by atoms with Crippen LogP contribution in [-0.4, -0.2) is 24.9 Å². The monoisotopic (exact) mass is 367 g/mol. The molecule has 5 nitrogen and oxygen atoms in total. The average Bonchev–Trinajstić information content (AvgIpc) is 2.97. The molecule has 0 bridgehead atoms. The molecule has 0 aliphatic heterocycles. The second-order valence-electron chi connectivity index (χ2n) is 5.76. The Morgan fingerprint density at radius 1 is 1.36 bits per heavy atom. The first-order valence-electron chi connectivity index (χ1n) is 7.55. The van der Waals surface area contributed by atoms with E-state index in [0.29, 0.717) is 6.54 Å². The summed E-state index contributed by atoms with van der Waals surface area (Å²) in [5.41, 5.74) is 7.45. The van der Waals surface area contributed by atoms with Crippen molar-refractivity contribution in [3.05, 3.63) is 28.2 Å². The Bertz CT molecular complexity index is 562. The Morgan fingerprint density at radius 2 is 2.14 bits per heavy atom. The number of aryl methyl sites for hydroxylation is 1. The van der Waals surface area contributed by atoms with Crippen LogP contribution >= 0.6 is 15.9 Å². The number of carbonyl (C=O) groups is 2. The fraction of sp³-hybridized carbons (Fsp3) is 0.500. The molecule has 2 atom stereocenters. The van der Waals surface area contributed by atoms with E-state index in [-0.39, 0.29) is 30.2 Å². The highest BCUT2D eigenvalue weighted by atomic mass is 79.9. The van der Waals surface area contributed by atoms with E-state index in [2.05, 4.69) is 26.6 Å². The molecule has 1 aliphatic carbocycles. The maximum atomic E-state index is 12.1. The van der Waals surface area contributed by atoms with E-state index in [1.54, 1.807) is 0 Å². The first kappa shape index (κ1) is 17.0. The second kappa shape index (κ2) is 7.74. The summed E-state index contributed by atoms with van der Waals surface area (Å²) in [6.07, 6.45) is 2.89. The normalized spacial score (nSPS) is 20.7. The van der Waals surface area contributed by atoms with Crippen molar-refractivity contribution in [1.82, 2.24) is 5.32 Å². The summed E-state index contributed by atoms with van der Waals surface area (Å²) >= 11 is 3.42. The van der Waals surface area contributed by atoms with Crippen molar-refractivity contribution >= 4 is 33.4 Å². The van der Waals surface area contributed by atoms with E-state index >= 15 is 0 Å². The summed E-state index contributed by atoms with van der Waals surface area (Å²) in [5.74, 6) is -0.0858. The molecule has 1 aromatic carbocycles. The van der Waals surface area contributed by atoms with Crippen molar-refractivity contribution in [1.29, 1.82) is 0 Å². The summed E-state index contributed by atoms with van der Waals surface area (Å²) in [6.45, 7) is 2.47. The van der Waals surface area contributed by atoms with Gasteiger partial charge in [-0.15, -0.1) is 0 Å². The Morgan fingerprint density at radius 3 is 2.82 bits per heavy atom. The smallest absolute Gasteiger partial charge is 0.243 e. The van der Waals surface area contributed by atoms with Gasteiger partial charge in [-0.05, 0) is 56.0 Å². The minimum atomic E-state index is -0.225. The molecular formula is C16H22BrN3O2. The highest BCUT2D eigenvalue weighted by Crippen LogP contribution is 2.30. The molecule has 1 saturated carbocycles. The lowest BCUT2D eigenvalue weighted by molar-refractivity contribution is -0.128. The lowest BCUT2D eigenvalue weighted by Gasteiger charge is -2.17. The minimum Gasteiger partial charge on any atom is -0.347 e. The van der Waals surface area contributed by atoms with E-state index < -0.39 is 0 Å². The number of hydrogen-bond acceptors (Lipinski definition) is 3. The van der Waals surface area contributed by atoms with E-state index in [4.69, 9.17) is 5.73 Å². The molecule has 6 heteroatoms. The summed E-state index contributed by atoms with van der Waals surface area (Å²) < 4.78 is 0.993. The van der Waals surface area contributed by atoms with Gasteiger partial charge in [0.25, 0.3) is 0 Å². The average molecular weight is 368 g/mol. The highest BCUT2D eigenvalue weighted by Gasteiger charge is 2.31. The Balaban J connectivity index is 1.82. The van der Waals surface area contributed by atoms with Crippen molar-refractivity contribution < 1.29 is 9.59 Å². The lowest BCUT2D eigenvalue weighted by atomic mass is 9.95. The molecule has 1 fully saturated rings. The van der Waals surface area contributed by atoms with Crippen LogP contribution in [0.1, 0.15) is 24.8 Å². The van der Waals surface area contributed by atoms with Crippen molar-refractivity contribution in [2.24, 2.45) is 17.6 Å². The Hall–Kier alpha value is -1.40. The van der Waals surface area contributed by atoms with Gasteiger partial charge in [0.1, 0.15) is 0 Å². The Labute approximate surface area is 139 Å². The topological polar surface area (TPSA) is 84.2 Å². The lowest BCUT2D eigenvalue weighted by Crippen LogP contribution is -2.39. The number of hydrogen-bond donors (Lipinski definition) is 3. The number of rotatable bonds is 5. The first-order valence-corrected chi connectivity index (χ1v) is 8.34. The van der Waals surface area contributed by atoms with Crippen LogP contribution in [0.3, 0.4) is 0 Å². The molecule has 2 amide bonds. The predicted molar refractivity (Wildman–Crippen MR) is 90.4 cm³/mol. The second-order valence-corrected chi connectivity index (χ2v) is 6.62. The molecule has 1 aromatic rings. The Kier molecular flexibility index (Phi) is 5.97. The van der Waals surface area contributed by atoms with Gasteiger partial charge in [-0.25, -0.2) is 0 Å². The molecule has 0 unspecified atom stereocenters. The van der Waals surface area contributed by atoms with Crippen molar-refractivity contribution in [3.63, 3.8) is 0 Å². The van der Waals surface area contributed by atoms with Gasteiger partial charge in [0.15, 0.2) is 0 Å². The number of anilines is 1. The maximum absolute atomic E-state index is 12.1. The molecule has 1 aliphatic rings. The molecule has 0 aromatic heterocycles. The minimum absolute atomic E-state index is 0.0122. The number of benzene rings is 1. The summed E-state index contributed by atoms with van der Waals surface area (Å²) in [7, 11) is 0. The van der Waals surface area contributed by atoms with Gasteiger partial charge < -0.3 is 16.4 Å². The summed E-state index contributed by atoms with van der Waals surface area (Å²) in [6, 6.07) is 5.58. The predicted octanol–water partition coefficient (Wildman–Crippen LogP) is 2.19. The van der Waals surface area contributed by atoms with Crippen LogP contribution in [0.5, 0.6) is 0 Å². The van der Waals surface area contributed by atoms with Crippen LogP contribution in [0.2, 0.25) is 0 Å². The molecule has 22 heavy (non-hydrogen) atoms. The van der Waals surface area contributed by atoms with Gasteiger partial charge in [0.05, 0.1) is 6.54 Å². The van der Waals surface area contributed by atoms with Gasteiger partial charge >= 0.3 is 0 Å². The molecule has 0 heterocycles. The van der Waals surface area contributed by atoms with Gasteiger partial charge in [0, 0.05) is 16.1 Å². The number of nitrogens with one attached hydrogen (secondary N) is 2. The van der Waals surface area contributed by atoms with Crippen molar-refractivity contribution in [2.45, 2.75) is 26.2 Å². The zero-order chi connectivity index (χ0) is 16.1. The van der Waals surface area contributed by atoms with Crippen molar-refractivity contribution in [2.75, 3.05) is 18.4 Å². The van der Waals surface area contributed by atoms with Crippen LogP contribution in [0, 0.1) is 18.8 Å². The third-order valence-corrected chi connectivity index (χ3v) is 5.05. The first-order chi connectivity index (χ1) is 10.5. The third-order valence-electron chi connectivity index (χ3n) is 4.16. The van der Waals surface area contributed by atoms with E-state index in [1.165, 1.54) is 0 Å². The fourth-order valence-electron chi connectivity index (χ4n) is 2.89. The van der Waals surface area contributed by atoms with Crippen LogP contribution in [-0.2, 0) is 9.59 Å². The SMILES string of the molecule is Cc1cc(NC(=O)CNC(=O)[C@@H]2CCC[C@@H]2CN)ccc1Br. The molecule has 120 valence electrons. The number of nitrogens with two attached hydrogens (primary N) is 1. The summed E-state index contributed by atoms with van der Waals surface area (Å²) in [5, 5.41) is 5.50. The standard InChI is InChI=1S/C16H22BrN3O2/c1-10-7-12(5-6-14(10)17)20-15(21)9-19-16(22)13-4-2-3-11(13)8-18/h5-7,11,13H,2-4,8-9,18H2,1H3,(H,19,22)(H,20,21)/t11-,13-/m1/s1. The quantitative estimate of drug-likeness (QED) is 0.745. The van der Waals surface area contributed by atoms with Gasteiger partial charge in [0.2, 0.25) is 11.8 Å². The molecule has 4 N–H and O–H groups in total. The van der Waals surface area contributed by atoms with Gasteiger partial charge in [-0.3, -0.25) is 9.59 Å². The van der Waals surface area contributed by atoms with Crippen LogP contribution in [0.4, 0.5) is 5.69 Å². The van der Waals surface area contributed by atoms with Crippen LogP contribution in [0.15, 0.2) is 22.7 Å². The highest BCUT2D eigenvalue weighted by molar-refractivity contribution is 9.10. The van der Waals surface area contributed by atoms with E-state index in [0.717, 1.165) is 35.0 Å². The number of halogens is 1. The molecule has 0 saturated heterocycles. The number of carbonyl (C=O) groups excluding carboxylic acids is 2. The molecular weight excluding hydrogens is 346 g/mol. The van der Waals surface area contributed by atoms with Gasteiger partial charge in [-0.1, -0.05) is 22.4 Å². The largest absolute Gasteiger partial charge is 0.347 e. The number of amides is 2. The van der Waals surface area contributed by atoms with Crippen LogP contribution in [0.25, 0.3) is 0 Å².